The van der Waals surface area contributed by atoms with E-state index >= 15 is 0 Å². The zero-order valence-electron chi connectivity index (χ0n) is 9.55. The average molecular weight is 348 g/mol. The van der Waals surface area contributed by atoms with E-state index in [1.54, 1.807) is 10.2 Å². The molecule has 1 aromatic rings. The summed E-state index contributed by atoms with van der Waals surface area (Å²) >= 11 is -2.58. The molecule has 0 heterocycles. The quantitative estimate of drug-likeness (QED) is 0.785. The molecule has 0 aliphatic carbocycles. The van der Waals surface area contributed by atoms with Crippen molar-refractivity contribution < 1.29 is 15.7 Å². The first kappa shape index (κ1) is 13.7. The molecule has 0 saturated heterocycles. The third-order valence-corrected chi connectivity index (χ3v) is 4.58. The molecule has 1 aromatic carbocycles. The van der Waals surface area contributed by atoms with Gasteiger partial charge in [0.1, 0.15) is 0 Å². The van der Waals surface area contributed by atoms with Crippen molar-refractivity contribution in [3.8, 4) is 0 Å². The molecule has 0 aromatic heterocycles. The van der Waals surface area contributed by atoms with Crippen LogP contribution in [0.4, 0.5) is 0 Å². The maximum atomic E-state index is 10.8. The Morgan fingerprint density at radius 2 is 1.59 bits per heavy atom. The Bertz CT molecular complexity index is 398. The fourth-order valence-electron chi connectivity index (χ4n) is 0.970. The van der Waals surface area contributed by atoms with Crippen molar-refractivity contribution >= 4 is 38.7 Å². The van der Waals surface area contributed by atoms with Crippen LogP contribution in [0.2, 0.25) is 0 Å². The summed E-state index contributed by atoms with van der Waals surface area (Å²) in [5.74, 6) is -0.872. The number of hydrogen-bond donors (Lipinski definition) is 0. The van der Waals surface area contributed by atoms with E-state index in [0.717, 1.165) is 5.56 Å². The first-order valence-electron chi connectivity index (χ1n) is 4.88. The van der Waals surface area contributed by atoms with Crippen LogP contribution in [0, 0.1) is 0 Å². The van der Waals surface area contributed by atoms with Crippen molar-refractivity contribution in [2.24, 2.45) is 0 Å². The Balaban J connectivity index is 2.68. The molecule has 5 heteroatoms. The van der Waals surface area contributed by atoms with Gasteiger partial charge in [-0.1, -0.05) is 0 Å². The van der Waals surface area contributed by atoms with Gasteiger partial charge >= 0.3 is 108 Å². The predicted octanol–water partition coefficient (Wildman–Crippen LogP) is 3.12. The standard InChI is InChI=1S/C12H13IO4/c1-10(14)16-13(17-11(2)15)9-8-12-6-4-3-5-7-12/h3-9H,1-2H3. The number of halogens is 1. The van der Waals surface area contributed by atoms with Crippen LogP contribution in [0.15, 0.2) is 34.4 Å². The normalized spacial score (nSPS) is 11.1. The molecular weight excluding hydrogens is 335 g/mol. The average Bonchev–Trinajstić information content (AvgIpc) is 2.26. The van der Waals surface area contributed by atoms with E-state index < -0.39 is 32.6 Å². The number of hydrogen-bond acceptors (Lipinski definition) is 4. The molecule has 4 nitrogen and oxygen atoms in total. The maximum absolute atomic E-state index is 10.8. The first-order chi connectivity index (χ1) is 8.08. The van der Waals surface area contributed by atoms with Gasteiger partial charge in [-0.3, -0.25) is 0 Å². The summed E-state index contributed by atoms with van der Waals surface area (Å²) in [6.07, 6.45) is 1.79. The molecule has 0 aliphatic heterocycles. The topological polar surface area (TPSA) is 52.6 Å². The van der Waals surface area contributed by atoms with Gasteiger partial charge < -0.3 is 0 Å². The molecule has 0 bridgehead atoms. The van der Waals surface area contributed by atoms with Crippen LogP contribution in [0.1, 0.15) is 19.4 Å². The molecule has 0 unspecified atom stereocenters. The monoisotopic (exact) mass is 348 g/mol. The summed E-state index contributed by atoms with van der Waals surface area (Å²) < 4.78 is 11.6. The third-order valence-electron chi connectivity index (χ3n) is 1.53. The van der Waals surface area contributed by atoms with E-state index in [4.69, 9.17) is 6.13 Å². The molecular formula is C12H13IO4. The summed E-state index contributed by atoms with van der Waals surface area (Å²) in [4.78, 5) is 21.7. The Morgan fingerprint density at radius 1 is 1.06 bits per heavy atom. The fourth-order valence-corrected chi connectivity index (χ4v) is 3.28. The number of carbonyl (C=O) groups is 2. The molecule has 0 spiro atoms. The van der Waals surface area contributed by atoms with Crippen LogP contribution in [0.3, 0.4) is 0 Å². The van der Waals surface area contributed by atoms with Gasteiger partial charge in [-0.15, -0.1) is 0 Å². The van der Waals surface area contributed by atoms with E-state index in [0.29, 0.717) is 0 Å². The molecule has 0 atom stereocenters. The second kappa shape index (κ2) is 7.05. The van der Waals surface area contributed by atoms with Gasteiger partial charge in [-0.25, -0.2) is 0 Å². The third kappa shape index (κ3) is 6.06. The summed E-state index contributed by atoms with van der Waals surface area (Å²) in [5.41, 5.74) is 0.967. The summed E-state index contributed by atoms with van der Waals surface area (Å²) in [5, 5.41) is 0. The Kier molecular flexibility index (Phi) is 5.68. The zero-order valence-corrected chi connectivity index (χ0v) is 11.7. The van der Waals surface area contributed by atoms with Crippen LogP contribution in [0.25, 0.3) is 6.08 Å². The van der Waals surface area contributed by atoms with E-state index in [1.165, 1.54) is 13.8 Å². The van der Waals surface area contributed by atoms with E-state index in [1.807, 2.05) is 30.3 Å². The van der Waals surface area contributed by atoms with Crippen LogP contribution < -0.4 is 0 Å². The Hall–Kier alpha value is -1.37. The van der Waals surface area contributed by atoms with E-state index in [-0.39, 0.29) is 0 Å². The SMILES string of the molecule is CC(=O)OI(C=Cc1ccccc1)OC(C)=O. The summed E-state index contributed by atoms with van der Waals surface area (Å²) in [6, 6.07) is 9.52. The molecule has 0 radical (unpaired) electrons. The first-order valence-corrected chi connectivity index (χ1v) is 7.88. The molecule has 1 rings (SSSR count). The zero-order chi connectivity index (χ0) is 12.7. The molecule has 0 aliphatic rings. The van der Waals surface area contributed by atoms with Crippen LogP contribution in [-0.2, 0) is 15.7 Å². The molecule has 0 fully saturated rings. The van der Waals surface area contributed by atoms with E-state index in [2.05, 4.69) is 0 Å². The predicted molar refractivity (Wildman–Crippen MR) is 73.0 cm³/mol. The van der Waals surface area contributed by atoms with Crippen LogP contribution in [0.5, 0.6) is 0 Å². The molecule has 92 valence electrons. The van der Waals surface area contributed by atoms with Gasteiger partial charge in [-0.05, 0) is 0 Å². The number of rotatable bonds is 4. The van der Waals surface area contributed by atoms with Crippen molar-refractivity contribution in [1.82, 2.24) is 0 Å². The van der Waals surface area contributed by atoms with Crippen molar-refractivity contribution in [2.45, 2.75) is 13.8 Å². The number of carbonyl (C=O) groups excluding carboxylic acids is 2. The van der Waals surface area contributed by atoms with E-state index in [9.17, 15) is 9.59 Å². The van der Waals surface area contributed by atoms with Crippen molar-refractivity contribution in [3.63, 3.8) is 0 Å². The van der Waals surface area contributed by atoms with Crippen molar-refractivity contribution in [1.29, 1.82) is 0 Å². The molecule has 17 heavy (non-hydrogen) atoms. The minimum atomic E-state index is -2.58. The van der Waals surface area contributed by atoms with Gasteiger partial charge in [0, 0.05) is 0 Å². The summed E-state index contributed by atoms with van der Waals surface area (Å²) in [7, 11) is 0. The Labute approximate surface area is 108 Å². The molecule has 0 saturated carbocycles. The molecule has 0 amide bonds. The molecule has 0 N–H and O–H groups in total. The van der Waals surface area contributed by atoms with Crippen molar-refractivity contribution in [3.05, 3.63) is 40.0 Å². The van der Waals surface area contributed by atoms with Crippen molar-refractivity contribution in [2.75, 3.05) is 0 Å². The van der Waals surface area contributed by atoms with Gasteiger partial charge in [0.2, 0.25) is 0 Å². The van der Waals surface area contributed by atoms with Crippen LogP contribution in [-0.4, -0.2) is 11.9 Å². The fraction of sp³-hybridized carbons (Fsp3) is 0.167. The van der Waals surface area contributed by atoms with Gasteiger partial charge in [-0.2, -0.15) is 0 Å². The van der Waals surface area contributed by atoms with Gasteiger partial charge in [0.25, 0.3) is 0 Å². The summed E-state index contributed by atoms with van der Waals surface area (Å²) in [6.45, 7) is 2.59. The minimum absolute atomic E-state index is 0.436. The number of benzene rings is 1. The van der Waals surface area contributed by atoms with Crippen LogP contribution >= 0.6 is 20.6 Å². The second-order valence-corrected chi connectivity index (χ2v) is 6.06. The Morgan fingerprint density at radius 3 is 2.06 bits per heavy atom. The van der Waals surface area contributed by atoms with Gasteiger partial charge in [0.15, 0.2) is 0 Å². The second-order valence-electron chi connectivity index (χ2n) is 3.08. The van der Waals surface area contributed by atoms with Gasteiger partial charge in [0.05, 0.1) is 0 Å².